The molecule has 0 aliphatic heterocycles. The number of aryl methyl sites for hydroxylation is 2. The summed E-state index contributed by atoms with van der Waals surface area (Å²) in [5.41, 5.74) is 11.7. The van der Waals surface area contributed by atoms with Crippen molar-refractivity contribution in [3.05, 3.63) is 138 Å². The number of unbranched alkanes of at least 4 members (excludes halogenated alkanes) is 1. The molecule has 220 valence electrons. The molecule has 0 atom stereocenters. The van der Waals surface area contributed by atoms with Gasteiger partial charge in [-0.2, -0.15) is 0 Å². The average molecular weight is 576 g/mol. The average Bonchev–Trinajstić information content (AvgIpc) is 3.51. The van der Waals surface area contributed by atoms with Crippen molar-refractivity contribution in [1.29, 1.82) is 0 Å². The number of hydrogen-bond acceptors (Lipinski definition) is 2. The van der Waals surface area contributed by atoms with Crippen LogP contribution in [-0.4, -0.2) is 14.8 Å². The summed E-state index contributed by atoms with van der Waals surface area (Å²) in [7, 11) is 0. The number of hydrogen-bond donors (Lipinski definition) is 0. The van der Waals surface area contributed by atoms with E-state index in [1.54, 1.807) is 0 Å². The Balaban J connectivity index is 1.51. The van der Waals surface area contributed by atoms with Crippen molar-refractivity contribution in [2.75, 3.05) is 0 Å². The third kappa shape index (κ3) is 6.01. The molecule has 1 heterocycles. The number of nitrogens with zero attached hydrogens (tertiary/aromatic N) is 3. The maximum atomic E-state index is 4.88. The fourth-order valence-electron chi connectivity index (χ4n) is 6.15. The second-order valence-corrected chi connectivity index (χ2v) is 12.6. The largest absolute Gasteiger partial charge is 0.278 e. The minimum atomic E-state index is -0.120. The molecule has 1 aromatic heterocycles. The van der Waals surface area contributed by atoms with Crippen LogP contribution in [0.1, 0.15) is 57.0 Å². The van der Waals surface area contributed by atoms with Gasteiger partial charge in [-0.1, -0.05) is 130 Å². The molecule has 0 N–H and O–H groups in total. The van der Waals surface area contributed by atoms with Crippen LogP contribution < -0.4 is 0 Å². The molecule has 0 radical (unpaired) electrons. The Labute approximate surface area is 262 Å². The molecule has 0 aliphatic rings. The molecule has 0 aliphatic carbocycles. The molecule has 6 rings (SSSR count). The van der Waals surface area contributed by atoms with E-state index in [0.29, 0.717) is 0 Å². The molecule has 0 bridgehead atoms. The van der Waals surface area contributed by atoms with Crippen LogP contribution in [0.5, 0.6) is 0 Å². The molecule has 5 aromatic carbocycles. The van der Waals surface area contributed by atoms with Crippen LogP contribution in [0.4, 0.5) is 0 Å². The summed E-state index contributed by atoms with van der Waals surface area (Å²) < 4.78 is 2.30. The monoisotopic (exact) mass is 575 g/mol. The molecule has 3 nitrogen and oxygen atoms in total. The van der Waals surface area contributed by atoms with Gasteiger partial charge >= 0.3 is 0 Å². The molecule has 0 spiro atoms. The summed E-state index contributed by atoms with van der Waals surface area (Å²) in [5, 5.41) is 9.76. The van der Waals surface area contributed by atoms with Crippen molar-refractivity contribution in [1.82, 2.24) is 14.8 Å². The van der Waals surface area contributed by atoms with E-state index in [0.717, 1.165) is 47.7 Å². The van der Waals surface area contributed by atoms with Gasteiger partial charge in [0, 0.05) is 11.0 Å². The van der Waals surface area contributed by atoms with Gasteiger partial charge in [0.25, 0.3) is 0 Å². The van der Waals surface area contributed by atoms with E-state index in [1.165, 1.54) is 38.9 Å². The van der Waals surface area contributed by atoms with E-state index in [1.807, 2.05) is 0 Å². The lowest BCUT2D eigenvalue weighted by atomic mass is 9.86. The van der Waals surface area contributed by atoms with Crippen LogP contribution in [0.3, 0.4) is 0 Å². The first kappa shape index (κ1) is 29.3. The highest BCUT2D eigenvalue weighted by molar-refractivity contribution is 5.82. The Morgan fingerprint density at radius 2 is 1.11 bits per heavy atom. The highest BCUT2D eigenvalue weighted by Crippen LogP contribution is 2.37. The summed E-state index contributed by atoms with van der Waals surface area (Å²) in [6.45, 7) is 11.2. The van der Waals surface area contributed by atoms with E-state index < -0.39 is 0 Å². The van der Waals surface area contributed by atoms with Crippen LogP contribution in [0.25, 0.3) is 50.5 Å². The van der Waals surface area contributed by atoms with Gasteiger partial charge in [0.15, 0.2) is 5.82 Å². The van der Waals surface area contributed by atoms with Crippen molar-refractivity contribution in [2.45, 2.75) is 59.3 Å². The lowest BCUT2D eigenvalue weighted by molar-refractivity contribution is 0.425. The summed E-state index contributed by atoms with van der Waals surface area (Å²) in [6.07, 6.45) is 3.36. The van der Waals surface area contributed by atoms with Gasteiger partial charge < -0.3 is 0 Å². The minimum absolute atomic E-state index is 0.120. The molecular formula is C41H41N3. The van der Waals surface area contributed by atoms with Gasteiger partial charge in [0.2, 0.25) is 0 Å². The molecule has 0 unspecified atom stereocenters. The van der Waals surface area contributed by atoms with Crippen molar-refractivity contribution in [3.8, 4) is 50.5 Å². The van der Waals surface area contributed by atoms with Gasteiger partial charge in [-0.25, -0.2) is 0 Å². The Bertz CT molecular complexity index is 1820. The van der Waals surface area contributed by atoms with Gasteiger partial charge in [-0.05, 0) is 89.5 Å². The maximum absolute atomic E-state index is 4.88. The van der Waals surface area contributed by atoms with E-state index in [4.69, 9.17) is 10.2 Å². The van der Waals surface area contributed by atoms with Gasteiger partial charge in [0.1, 0.15) is 5.82 Å². The summed E-state index contributed by atoms with van der Waals surface area (Å²) in [5.74, 6) is 1.89. The van der Waals surface area contributed by atoms with Crippen molar-refractivity contribution >= 4 is 0 Å². The molecule has 0 saturated heterocycles. The summed E-state index contributed by atoms with van der Waals surface area (Å²) in [6, 6.07) is 43.6. The lowest BCUT2D eigenvalue weighted by Gasteiger charge is -2.25. The first-order valence-electron chi connectivity index (χ1n) is 15.7. The van der Waals surface area contributed by atoms with Crippen LogP contribution in [0, 0.1) is 13.8 Å². The van der Waals surface area contributed by atoms with Gasteiger partial charge in [-0.3, -0.25) is 4.57 Å². The summed E-state index contributed by atoms with van der Waals surface area (Å²) >= 11 is 0. The minimum Gasteiger partial charge on any atom is -0.278 e. The van der Waals surface area contributed by atoms with Crippen LogP contribution in [-0.2, 0) is 5.41 Å². The lowest BCUT2D eigenvalue weighted by Crippen LogP contribution is -2.23. The highest BCUT2D eigenvalue weighted by atomic mass is 15.3. The van der Waals surface area contributed by atoms with Crippen molar-refractivity contribution in [2.24, 2.45) is 0 Å². The van der Waals surface area contributed by atoms with E-state index in [2.05, 4.69) is 161 Å². The van der Waals surface area contributed by atoms with Crippen LogP contribution >= 0.6 is 0 Å². The third-order valence-electron chi connectivity index (χ3n) is 8.62. The standard InChI is InChI=1S/C41H41N3/c1-6-7-23-41(4,5)40-43-42-39(44(40)38-22-21-29(2)24-30(38)3)34-20-14-19-33(25-34)37-27-35(31-15-10-8-11-16-31)26-36(28-37)32-17-12-9-13-18-32/h8-22,24-28H,6-7,23H2,1-5H3. The van der Waals surface area contributed by atoms with E-state index in [-0.39, 0.29) is 5.41 Å². The fourth-order valence-corrected chi connectivity index (χ4v) is 6.15. The Morgan fingerprint density at radius 3 is 1.70 bits per heavy atom. The first-order valence-corrected chi connectivity index (χ1v) is 15.7. The molecule has 0 fully saturated rings. The summed E-state index contributed by atoms with van der Waals surface area (Å²) in [4.78, 5) is 0. The number of rotatable bonds is 9. The SMILES string of the molecule is CCCCC(C)(C)c1nnc(-c2cccc(-c3cc(-c4ccccc4)cc(-c4ccccc4)c3)c2)n1-c1ccc(C)cc1C. The molecule has 44 heavy (non-hydrogen) atoms. The Morgan fingerprint density at radius 1 is 0.568 bits per heavy atom. The van der Waals surface area contributed by atoms with Crippen LogP contribution in [0.15, 0.2) is 121 Å². The number of benzene rings is 5. The smallest absolute Gasteiger partial charge is 0.168 e. The van der Waals surface area contributed by atoms with E-state index in [9.17, 15) is 0 Å². The zero-order chi connectivity index (χ0) is 30.7. The second kappa shape index (κ2) is 12.5. The predicted molar refractivity (Wildman–Crippen MR) is 185 cm³/mol. The topological polar surface area (TPSA) is 30.7 Å². The zero-order valence-electron chi connectivity index (χ0n) is 26.5. The second-order valence-electron chi connectivity index (χ2n) is 12.6. The van der Waals surface area contributed by atoms with Gasteiger partial charge in [0.05, 0.1) is 5.69 Å². The third-order valence-corrected chi connectivity index (χ3v) is 8.62. The normalized spacial score (nSPS) is 11.6. The highest BCUT2D eigenvalue weighted by Gasteiger charge is 2.30. The van der Waals surface area contributed by atoms with E-state index >= 15 is 0 Å². The number of aromatic nitrogens is 3. The van der Waals surface area contributed by atoms with Crippen molar-refractivity contribution in [3.63, 3.8) is 0 Å². The van der Waals surface area contributed by atoms with Crippen LogP contribution in [0.2, 0.25) is 0 Å². The van der Waals surface area contributed by atoms with Gasteiger partial charge in [-0.15, -0.1) is 10.2 Å². The quantitative estimate of drug-likeness (QED) is 0.172. The molecule has 6 aromatic rings. The zero-order valence-corrected chi connectivity index (χ0v) is 26.5. The molecule has 0 saturated carbocycles. The molecule has 3 heteroatoms. The van der Waals surface area contributed by atoms with Crippen molar-refractivity contribution < 1.29 is 0 Å². The Hall–Kier alpha value is -4.76. The predicted octanol–water partition coefficient (Wildman–Crippen LogP) is 11.0. The fraction of sp³-hybridized carbons (Fsp3) is 0.220. The molecule has 0 amide bonds. The Kier molecular flexibility index (Phi) is 8.30. The molecular weight excluding hydrogens is 534 g/mol. The first-order chi connectivity index (χ1) is 21.3. The maximum Gasteiger partial charge on any atom is 0.168 e.